The second-order valence-corrected chi connectivity index (χ2v) is 7.18. The van der Waals surface area contributed by atoms with E-state index in [9.17, 15) is 4.79 Å². The maximum absolute atomic E-state index is 12.5. The Kier molecular flexibility index (Phi) is 5.46. The first kappa shape index (κ1) is 18.3. The Balaban J connectivity index is 1.72. The van der Waals surface area contributed by atoms with Gasteiger partial charge in [0.25, 0.3) is 0 Å². The number of carbonyl (C=O) groups is 1. The summed E-state index contributed by atoms with van der Waals surface area (Å²) in [5.41, 5.74) is 4.23. The number of thioether (sulfide) groups is 1. The molecule has 0 radical (unpaired) electrons. The molecule has 2 heterocycles. The van der Waals surface area contributed by atoms with Crippen molar-refractivity contribution in [2.24, 2.45) is 0 Å². The van der Waals surface area contributed by atoms with Crippen molar-refractivity contribution < 1.29 is 4.79 Å². The Morgan fingerprint density at radius 2 is 1.77 bits per heavy atom. The Morgan fingerprint density at radius 3 is 2.38 bits per heavy atom. The lowest BCUT2D eigenvalue weighted by molar-refractivity contribution is -0.113. The number of hydrogen-bond donors (Lipinski definition) is 1. The molecule has 1 N–H and O–H groups in total. The van der Waals surface area contributed by atoms with Gasteiger partial charge in [0.1, 0.15) is 0 Å². The molecule has 0 saturated carbocycles. The van der Waals surface area contributed by atoms with Gasteiger partial charge in [-0.2, -0.15) is 0 Å². The van der Waals surface area contributed by atoms with Crippen LogP contribution in [0.2, 0.25) is 0 Å². The summed E-state index contributed by atoms with van der Waals surface area (Å²) in [7, 11) is 0. The molecule has 0 spiro atoms. The Bertz CT molecular complexity index is 891. The number of aromatic nitrogens is 4. The third-order valence-electron chi connectivity index (χ3n) is 4.09. The van der Waals surface area contributed by atoms with Gasteiger partial charge in [-0.05, 0) is 44.0 Å². The molecule has 7 heteroatoms. The van der Waals surface area contributed by atoms with Gasteiger partial charge in [0, 0.05) is 24.5 Å². The number of anilines is 1. The number of nitrogens with one attached hydrogen (secondary N) is 1. The highest BCUT2D eigenvalue weighted by atomic mass is 32.2. The van der Waals surface area contributed by atoms with Crippen LogP contribution in [0, 0.1) is 20.8 Å². The van der Waals surface area contributed by atoms with Gasteiger partial charge in [-0.15, -0.1) is 10.2 Å². The number of aryl methyl sites for hydroxylation is 4. The van der Waals surface area contributed by atoms with E-state index in [0.717, 1.165) is 29.1 Å². The van der Waals surface area contributed by atoms with Gasteiger partial charge < -0.3 is 5.32 Å². The summed E-state index contributed by atoms with van der Waals surface area (Å²) in [6.45, 7) is 8.12. The number of hydrogen-bond acceptors (Lipinski definition) is 4. The van der Waals surface area contributed by atoms with Crippen molar-refractivity contribution in [3.63, 3.8) is 0 Å². The van der Waals surface area contributed by atoms with Crippen LogP contribution in [0.3, 0.4) is 0 Å². The van der Waals surface area contributed by atoms with E-state index in [-0.39, 0.29) is 11.7 Å². The van der Waals surface area contributed by atoms with Gasteiger partial charge in [0.05, 0.1) is 5.75 Å². The van der Waals surface area contributed by atoms with Gasteiger partial charge in [0.2, 0.25) is 11.1 Å². The van der Waals surface area contributed by atoms with Crippen LogP contribution in [0.4, 0.5) is 5.69 Å². The predicted molar refractivity (Wildman–Crippen MR) is 105 cm³/mol. The van der Waals surface area contributed by atoms with Crippen LogP contribution < -0.4 is 5.32 Å². The quantitative estimate of drug-likeness (QED) is 0.674. The zero-order valence-electron chi connectivity index (χ0n) is 15.5. The minimum Gasteiger partial charge on any atom is -0.325 e. The zero-order valence-corrected chi connectivity index (χ0v) is 16.3. The van der Waals surface area contributed by atoms with Crippen molar-refractivity contribution in [3.05, 3.63) is 59.2 Å². The van der Waals surface area contributed by atoms with Crippen molar-refractivity contribution in [1.29, 1.82) is 0 Å². The topological polar surface area (TPSA) is 64.7 Å². The highest BCUT2D eigenvalue weighted by Crippen LogP contribution is 2.23. The Morgan fingerprint density at radius 1 is 1.12 bits per heavy atom. The van der Waals surface area contributed by atoms with Gasteiger partial charge >= 0.3 is 0 Å². The smallest absolute Gasteiger partial charge is 0.234 e. The van der Waals surface area contributed by atoms with E-state index < -0.39 is 0 Å². The molecule has 3 rings (SSSR count). The molecule has 0 saturated heterocycles. The maximum Gasteiger partial charge on any atom is 0.234 e. The summed E-state index contributed by atoms with van der Waals surface area (Å²) in [6.07, 6.45) is 4.64. The first-order chi connectivity index (χ1) is 12.5. The highest BCUT2D eigenvalue weighted by Gasteiger charge is 2.15. The van der Waals surface area contributed by atoms with Crippen molar-refractivity contribution in [2.75, 3.05) is 11.1 Å². The third kappa shape index (κ3) is 3.83. The summed E-state index contributed by atoms with van der Waals surface area (Å²) >= 11 is 1.38. The molecule has 0 aliphatic carbocycles. The molecule has 0 bridgehead atoms. The number of rotatable bonds is 6. The van der Waals surface area contributed by atoms with Crippen molar-refractivity contribution in [1.82, 2.24) is 19.5 Å². The second-order valence-electron chi connectivity index (χ2n) is 6.24. The van der Waals surface area contributed by atoms with E-state index in [4.69, 9.17) is 0 Å². The van der Waals surface area contributed by atoms with Crippen LogP contribution in [-0.2, 0) is 11.2 Å². The minimum absolute atomic E-state index is 0.0508. The van der Waals surface area contributed by atoms with Crippen molar-refractivity contribution in [3.8, 4) is 0 Å². The van der Waals surface area contributed by atoms with Crippen molar-refractivity contribution in [2.45, 2.75) is 39.3 Å². The largest absolute Gasteiger partial charge is 0.325 e. The molecule has 0 aliphatic rings. The van der Waals surface area contributed by atoms with E-state index in [1.165, 1.54) is 17.3 Å². The molecule has 1 aromatic carbocycles. The van der Waals surface area contributed by atoms with E-state index in [0.29, 0.717) is 5.16 Å². The molecule has 0 unspecified atom stereocenters. The average Bonchev–Trinajstić information content (AvgIpc) is 3.24. The minimum atomic E-state index is -0.0508. The second kappa shape index (κ2) is 7.78. The average molecular weight is 369 g/mol. The molecule has 1 amide bonds. The van der Waals surface area contributed by atoms with Crippen LogP contribution in [0.5, 0.6) is 0 Å². The lowest BCUT2D eigenvalue weighted by atomic mass is 10.1. The number of benzene rings is 1. The number of amides is 1. The van der Waals surface area contributed by atoms with E-state index >= 15 is 0 Å². The normalized spacial score (nSPS) is 10.9. The third-order valence-corrected chi connectivity index (χ3v) is 5.01. The van der Waals surface area contributed by atoms with Gasteiger partial charge in [0.15, 0.2) is 5.82 Å². The molecule has 26 heavy (non-hydrogen) atoms. The van der Waals surface area contributed by atoms with Crippen LogP contribution in [-0.4, -0.2) is 31.2 Å². The van der Waals surface area contributed by atoms with E-state index in [1.807, 2.05) is 54.6 Å². The fourth-order valence-corrected chi connectivity index (χ4v) is 3.73. The monoisotopic (exact) mass is 369 g/mol. The number of carbonyl (C=O) groups excluding carboxylic acids is 1. The molecule has 3 aromatic rings. The van der Waals surface area contributed by atoms with E-state index in [2.05, 4.69) is 34.6 Å². The van der Waals surface area contributed by atoms with Crippen molar-refractivity contribution >= 4 is 23.4 Å². The zero-order chi connectivity index (χ0) is 18.7. The number of nitrogens with zero attached hydrogens (tertiary/aromatic N) is 4. The summed E-state index contributed by atoms with van der Waals surface area (Å²) < 4.78 is 3.85. The summed E-state index contributed by atoms with van der Waals surface area (Å²) in [5.74, 6) is 1.08. The fraction of sp³-hybridized carbons (Fsp3) is 0.316. The summed E-state index contributed by atoms with van der Waals surface area (Å²) in [4.78, 5) is 12.5. The van der Waals surface area contributed by atoms with Crippen LogP contribution >= 0.6 is 11.8 Å². The van der Waals surface area contributed by atoms with Gasteiger partial charge in [-0.25, -0.2) is 4.68 Å². The molecule has 2 aromatic heterocycles. The lowest BCUT2D eigenvalue weighted by Crippen LogP contribution is -2.17. The molecule has 6 nitrogen and oxygen atoms in total. The van der Waals surface area contributed by atoms with Gasteiger partial charge in [-0.1, -0.05) is 36.4 Å². The molecule has 0 atom stereocenters. The molecular formula is C19H23N5OS. The standard InChI is InChI=1S/C19H23N5OS/c1-5-16-21-22-19(24(16)23-8-6-7-9-23)26-12-17(25)20-18-14(3)10-13(2)11-15(18)4/h6-11H,5,12H2,1-4H3,(H,20,25). The highest BCUT2D eigenvalue weighted by molar-refractivity contribution is 7.99. The first-order valence-electron chi connectivity index (χ1n) is 8.58. The summed E-state index contributed by atoms with van der Waals surface area (Å²) in [5, 5.41) is 12.2. The molecule has 136 valence electrons. The van der Waals surface area contributed by atoms with Crippen LogP contribution in [0.15, 0.2) is 41.8 Å². The maximum atomic E-state index is 12.5. The molecular weight excluding hydrogens is 346 g/mol. The van der Waals surface area contributed by atoms with Gasteiger partial charge in [-0.3, -0.25) is 9.47 Å². The van der Waals surface area contributed by atoms with Crippen LogP contribution in [0.25, 0.3) is 0 Å². The van der Waals surface area contributed by atoms with Crippen LogP contribution in [0.1, 0.15) is 29.4 Å². The molecule has 0 aliphatic heterocycles. The predicted octanol–water partition coefficient (Wildman–Crippen LogP) is 3.61. The Labute approximate surface area is 157 Å². The lowest BCUT2D eigenvalue weighted by Gasteiger charge is -2.13. The fourth-order valence-electron chi connectivity index (χ4n) is 2.98. The van der Waals surface area contributed by atoms with E-state index in [1.54, 1.807) is 0 Å². The first-order valence-corrected chi connectivity index (χ1v) is 9.56. The Hall–Kier alpha value is -2.54. The summed E-state index contributed by atoms with van der Waals surface area (Å²) in [6, 6.07) is 8.05. The SMILES string of the molecule is CCc1nnc(SCC(=O)Nc2c(C)cc(C)cc2C)n1-n1cccc1. The molecule has 0 fully saturated rings.